The van der Waals surface area contributed by atoms with Gasteiger partial charge < -0.3 is 15.4 Å². The quantitative estimate of drug-likeness (QED) is 0.240. The third kappa shape index (κ3) is 8.47. The van der Waals surface area contributed by atoms with Gasteiger partial charge in [-0.3, -0.25) is 14.9 Å². The van der Waals surface area contributed by atoms with Crippen LogP contribution >= 0.6 is 0 Å². The lowest BCUT2D eigenvalue weighted by molar-refractivity contribution is 0.0635. The summed E-state index contributed by atoms with van der Waals surface area (Å²) in [5.74, 6) is -0.0417. The van der Waals surface area contributed by atoms with Crippen LogP contribution in [0.5, 0.6) is 0 Å². The topological polar surface area (TPSA) is 122 Å². The molecule has 0 aliphatic rings. The number of aryl methyl sites for hydroxylation is 2. The molecule has 0 aliphatic carbocycles. The highest BCUT2D eigenvalue weighted by atomic mass is 16.6. The first-order valence-corrected chi connectivity index (χ1v) is 13.1. The summed E-state index contributed by atoms with van der Waals surface area (Å²) in [6.45, 7) is 9.16. The van der Waals surface area contributed by atoms with Gasteiger partial charge >= 0.3 is 6.09 Å². The molecule has 0 aliphatic heterocycles. The molecule has 9 nitrogen and oxygen atoms in total. The van der Waals surface area contributed by atoms with Gasteiger partial charge in [-0.05, 0) is 82.1 Å². The van der Waals surface area contributed by atoms with E-state index in [9.17, 15) is 14.4 Å². The molecule has 3 N–H and O–H groups in total. The number of hydrogen-bond acceptors (Lipinski definition) is 6. The lowest BCUT2D eigenvalue weighted by atomic mass is 10.1. The van der Waals surface area contributed by atoms with Crippen molar-refractivity contribution in [3.8, 4) is 0 Å². The maximum absolute atomic E-state index is 13.1. The number of amides is 3. The van der Waals surface area contributed by atoms with E-state index in [0.717, 1.165) is 16.7 Å². The third-order valence-corrected chi connectivity index (χ3v) is 5.92. The van der Waals surface area contributed by atoms with Crippen molar-refractivity contribution in [2.45, 2.75) is 46.6 Å². The summed E-state index contributed by atoms with van der Waals surface area (Å²) in [6.07, 6.45) is 2.99. The predicted octanol–water partition coefficient (Wildman–Crippen LogP) is 6.54. The second-order valence-electron chi connectivity index (χ2n) is 10.7. The average molecular weight is 552 g/mol. The molecule has 3 aromatic carbocycles. The molecule has 0 spiro atoms. The van der Waals surface area contributed by atoms with Crippen molar-refractivity contribution in [2.24, 2.45) is 0 Å². The Morgan fingerprint density at radius 1 is 0.756 bits per heavy atom. The van der Waals surface area contributed by atoms with Crippen molar-refractivity contribution < 1.29 is 19.1 Å². The minimum atomic E-state index is -0.592. The minimum Gasteiger partial charge on any atom is -0.444 e. The zero-order valence-electron chi connectivity index (χ0n) is 23.7. The highest BCUT2D eigenvalue weighted by Gasteiger charge is 2.17. The van der Waals surface area contributed by atoms with E-state index in [1.54, 1.807) is 69.6 Å². The van der Waals surface area contributed by atoms with Crippen LogP contribution in [0.3, 0.4) is 0 Å². The Morgan fingerprint density at radius 3 is 2.15 bits per heavy atom. The summed E-state index contributed by atoms with van der Waals surface area (Å²) in [5.41, 5.74) is 4.57. The van der Waals surface area contributed by atoms with Gasteiger partial charge in [-0.2, -0.15) is 0 Å². The molecule has 0 saturated heterocycles. The Bertz CT molecular complexity index is 1580. The number of nitrogens with one attached hydrogen (secondary N) is 3. The minimum absolute atomic E-state index is 0.251. The highest BCUT2D eigenvalue weighted by Crippen LogP contribution is 2.19. The van der Waals surface area contributed by atoms with Gasteiger partial charge in [-0.15, -0.1) is 0 Å². The van der Waals surface area contributed by atoms with E-state index in [2.05, 4.69) is 25.9 Å². The Kier molecular flexibility index (Phi) is 8.77. The third-order valence-electron chi connectivity index (χ3n) is 5.92. The first-order chi connectivity index (χ1) is 19.4. The first-order valence-electron chi connectivity index (χ1n) is 13.1. The van der Waals surface area contributed by atoms with Crippen LogP contribution < -0.4 is 16.0 Å². The fourth-order valence-electron chi connectivity index (χ4n) is 4.01. The number of anilines is 3. The molecule has 0 bridgehead atoms. The summed E-state index contributed by atoms with van der Waals surface area (Å²) in [6, 6.07) is 19.8. The summed E-state index contributed by atoms with van der Waals surface area (Å²) in [5, 5.41) is 8.40. The zero-order valence-corrected chi connectivity index (χ0v) is 23.7. The molecular formula is C32H33N5O4. The van der Waals surface area contributed by atoms with Gasteiger partial charge in [-0.1, -0.05) is 35.9 Å². The Balaban J connectivity index is 1.38. The van der Waals surface area contributed by atoms with Crippen LogP contribution in [0, 0.1) is 13.8 Å². The summed E-state index contributed by atoms with van der Waals surface area (Å²) in [7, 11) is 0. The zero-order chi connectivity index (χ0) is 29.6. The van der Waals surface area contributed by atoms with Crippen LogP contribution in [0.15, 0.2) is 79.1 Å². The van der Waals surface area contributed by atoms with Crippen LogP contribution in [0.25, 0.3) is 0 Å². The smallest absolute Gasteiger partial charge is 0.412 e. The lowest BCUT2D eigenvalue weighted by Gasteiger charge is -2.19. The van der Waals surface area contributed by atoms with E-state index in [1.165, 1.54) is 0 Å². The molecule has 9 heteroatoms. The average Bonchev–Trinajstić information content (AvgIpc) is 2.90. The fourth-order valence-corrected chi connectivity index (χ4v) is 4.01. The van der Waals surface area contributed by atoms with Gasteiger partial charge in [0.1, 0.15) is 11.4 Å². The molecule has 0 radical (unpaired) electrons. The summed E-state index contributed by atoms with van der Waals surface area (Å²) < 4.78 is 5.30. The van der Waals surface area contributed by atoms with E-state index < -0.39 is 11.7 Å². The van der Waals surface area contributed by atoms with Gasteiger partial charge in [0.25, 0.3) is 11.8 Å². The highest BCUT2D eigenvalue weighted by molar-refractivity contribution is 6.08. The monoisotopic (exact) mass is 551 g/mol. The van der Waals surface area contributed by atoms with Crippen LogP contribution in [-0.4, -0.2) is 33.5 Å². The molecule has 41 heavy (non-hydrogen) atoms. The SMILES string of the molecule is Cc1cccc(C(=O)Nc2ccc(C)c(C(=O)Nc3cnc(Cc4cccc(NC(=O)OC(C)(C)C)c4)nc3)c2)c1. The molecule has 0 unspecified atom stereocenters. The van der Waals surface area contributed by atoms with Crippen molar-refractivity contribution in [3.05, 3.63) is 113 Å². The molecule has 4 rings (SSSR count). The summed E-state index contributed by atoms with van der Waals surface area (Å²) >= 11 is 0. The van der Waals surface area contributed by atoms with Crippen LogP contribution in [0.4, 0.5) is 21.9 Å². The van der Waals surface area contributed by atoms with Crippen LogP contribution in [-0.2, 0) is 11.2 Å². The second-order valence-corrected chi connectivity index (χ2v) is 10.7. The number of carbonyl (C=O) groups excluding carboxylic acids is 3. The van der Waals surface area contributed by atoms with Gasteiger partial charge in [0.15, 0.2) is 0 Å². The van der Waals surface area contributed by atoms with Gasteiger partial charge in [0.05, 0.1) is 18.1 Å². The van der Waals surface area contributed by atoms with Crippen molar-refractivity contribution in [1.82, 2.24) is 9.97 Å². The molecule has 1 heterocycles. The molecule has 3 amide bonds. The molecule has 4 aromatic rings. The molecular weight excluding hydrogens is 518 g/mol. The largest absolute Gasteiger partial charge is 0.444 e. The van der Waals surface area contributed by atoms with E-state index in [0.29, 0.717) is 40.4 Å². The Morgan fingerprint density at radius 2 is 1.44 bits per heavy atom. The van der Waals surface area contributed by atoms with Crippen molar-refractivity contribution in [1.29, 1.82) is 0 Å². The standard InChI is InChI=1S/C32H33N5O4/c1-20-8-6-10-23(14-20)29(38)35-25-13-12-21(2)27(17-25)30(39)36-26-18-33-28(34-19-26)16-22-9-7-11-24(15-22)37-31(40)41-32(3,4)5/h6-15,17-19H,16H2,1-5H3,(H,35,38)(H,36,39)(H,37,40). The van der Waals surface area contributed by atoms with Crippen molar-refractivity contribution >= 4 is 35.0 Å². The number of nitrogens with zero attached hydrogens (tertiary/aromatic N) is 2. The fraction of sp³-hybridized carbons (Fsp3) is 0.219. The number of rotatable bonds is 7. The predicted molar refractivity (Wildman–Crippen MR) is 159 cm³/mol. The Labute approximate surface area is 239 Å². The van der Waals surface area contributed by atoms with Crippen LogP contribution in [0.1, 0.15) is 64.0 Å². The second kappa shape index (κ2) is 12.4. The number of hydrogen-bond donors (Lipinski definition) is 3. The van der Waals surface area contributed by atoms with Gasteiger partial charge in [0.2, 0.25) is 0 Å². The summed E-state index contributed by atoms with van der Waals surface area (Å²) in [4.78, 5) is 46.5. The van der Waals surface area contributed by atoms with E-state index >= 15 is 0 Å². The first kappa shape index (κ1) is 28.9. The molecule has 1 aromatic heterocycles. The number of aromatic nitrogens is 2. The van der Waals surface area contributed by atoms with Crippen molar-refractivity contribution in [2.75, 3.05) is 16.0 Å². The lowest BCUT2D eigenvalue weighted by Crippen LogP contribution is -2.27. The van der Waals surface area contributed by atoms with Gasteiger partial charge in [-0.25, -0.2) is 14.8 Å². The van der Waals surface area contributed by atoms with E-state index in [1.807, 2.05) is 44.2 Å². The number of carbonyl (C=O) groups is 3. The van der Waals surface area contributed by atoms with Crippen LogP contribution in [0.2, 0.25) is 0 Å². The molecule has 0 fully saturated rings. The maximum Gasteiger partial charge on any atom is 0.412 e. The molecule has 0 saturated carbocycles. The maximum atomic E-state index is 13.1. The van der Waals surface area contributed by atoms with E-state index in [4.69, 9.17) is 4.74 Å². The van der Waals surface area contributed by atoms with Crippen molar-refractivity contribution in [3.63, 3.8) is 0 Å². The van der Waals surface area contributed by atoms with E-state index in [-0.39, 0.29) is 11.8 Å². The Hall–Kier alpha value is -5.05. The number of ether oxygens (including phenoxy) is 1. The number of benzene rings is 3. The molecule has 0 atom stereocenters. The van der Waals surface area contributed by atoms with Gasteiger partial charge in [0, 0.05) is 28.9 Å². The normalized spacial score (nSPS) is 11.0. The molecule has 210 valence electrons.